The predicted octanol–water partition coefficient (Wildman–Crippen LogP) is 3.13. The van der Waals surface area contributed by atoms with Crippen LogP contribution in [0.5, 0.6) is 0 Å². The molecule has 2 aromatic rings. The van der Waals surface area contributed by atoms with E-state index < -0.39 is 0 Å². The number of benzene rings is 2. The van der Waals surface area contributed by atoms with Crippen LogP contribution >= 0.6 is 0 Å². The first-order chi connectivity index (χ1) is 10.9. The second-order valence-corrected chi connectivity index (χ2v) is 6.60. The van der Waals surface area contributed by atoms with E-state index in [1.54, 1.807) is 0 Å². The number of fused-ring (bicyclic) bond motifs is 1. The van der Waals surface area contributed by atoms with E-state index in [0.717, 1.165) is 26.4 Å². The molecule has 4 atom stereocenters. The van der Waals surface area contributed by atoms with Crippen molar-refractivity contribution in [2.24, 2.45) is 0 Å². The van der Waals surface area contributed by atoms with Crippen LogP contribution in [0.25, 0.3) is 10.8 Å². The van der Waals surface area contributed by atoms with Gasteiger partial charge in [-0.2, -0.15) is 0 Å². The van der Waals surface area contributed by atoms with Crippen molar-refractivity contribution < 1.29 is 18.9 Å². The van der Waals surface area contributed by atoms with Crippen LogP contribution in [0.1, 0.15) is 46.7 Å². The summed E-state index contributed by atoms with van der Waals surface area (Å²) in [5, 5.41) is 2.59. The van der Waals surface area contributed by atoms with Gasteiger partial charge >= 0.3 is 0 Å². The SMILES string of the molecule is c1c(C2CO2)cc2c(C3CO3)cc(C3CO3)cc2c1C1CO1. The summed E-state index contributed by atoms with van der Waals surface area (Å²) in [5.74, 6) is 0. The molecule has 4 unspecified atom stereocenters. The molecule has 0 radical (unpaired) electrons. The molecule has 2 aromatic carbocycles. The molecule has 0 bridgehead atoms. The molecule has 0 N–H and O–H groups in total. The molecule has 0 aromatic heterocycles. The second kappa shape index (κ2) is 4.09. The Morgan fingerprint density at radius 2 is 0.909 bits per heavy atom. The normalized spacial score (nSPS) is 34.7. The second-order valence-electron chi connectivity index (χ2n) is 6.60. The molecule has 4 heterocycles. The molecule has 4 saturated heterocycles. The van der Waals surface area contributed by atoms with E-state index in [1.807, 2.05) is 0 Å². The zero-order valence-electron chi connectivity index (χ0n) is 12.1. The molecule has 0 saturated carbocycles. The topological polar surface area (TPSA) is 50.1 Å². The van der Waals surface area contributed by atoms with Gasteiger partial charge in [0.05, 0.1) is 26.4 Å². The van der Waals surface area contributed by atoms with Gasteiger partial charge < -0.3 is 18.9 Å². The molecular weight excluding hydrogens is 280 g/mol. The van der Waals surface area contributed by atoms with E-state index in [4.69, 9.17) is 18.9 Å². The van der Waals surface area contributed by atoms with Crippen molar-refractivity contribution in [1.82, 2.24) is 0 Å². The summed E-state index contributed by atoms with van der Waals surface area (Å²) in [6.07, 6.45) is 1.01. The van der Waals surface area contributed by atoms with Gasteiger partial charge in [0.1, 0.15) is 24.4 Å². The third-order valence-electron chi connectivity index (χ3n) is 4.95. The lowest BCUT2D eigenvalue weighted by Crippen LogP contribution is -1.96. The van der Waals surface area contributed by atoms with Crippen LogP contribution in [0.4, 0.5) is 0 Å². The van der Waals surface area contributed by atoms with Gasteiger partial charge in [-0.05, 0) is 57.3 Å². The fourth-order valence-electron chi connectivity index (χ4n) is 3.41. The van der Waals surface area contributed by atoms with Gasteiger partial charge in [0, 0.05) is 0 Å². The van der Waals surface area contributed by atoms with Crippen LogP contribution in [-0.4, -0.2) is 26.4 Å². The Morgan fingerprint density at radius 3 is 1.23 bits per heavy atom. The van der Waals surface area contributed by atoms with Crippen molar-refractivity contribution in [3.8, 4) is 0 Å². The molecule has 0 amide bonds. The standard InChI is InChI=1S/C18H16O4/c1-9(15-5-19-15)3-14(18-8-22-18)12-2-10(16-6-20-16)4-13(11(1)12)17-7-21-17/h1-4,15-18H,5-8H2. The van der Waals surface area contributed by atoms with Crippen LogP contribution in [-0.2, 0) is 18.9 Å². The molecule has 6 rings (SSSR count). The zero-order chi connectivity index (χ0) is 14.3. The summed E-state index contributed by atoms with van der Waals surface area (Å²) in [4.78, 5) is 0. The van der Waals surface area contributed by atoms with Crippen LogP contribution in [0.2, 0.25) is 0 Å². The highest BCUT2D eigenvalue weighted by Gasteiger charge is 2.35. The molecule has 4 aliphatic heterocycles. The summed E-state index contributed by atoms with van der Waals surface area (Å²) >= 11 is 0. The monoisotopic (exact) mass is 296 g/mol. The molecule has 4 aliphatic rings. The Balaban J connectivity index is 1.64. The number of ether oxygens (including phenoxy) is 4. The van der Waals surface area contributed by atoms with E-state index >= 15 is 0 Å². The van der Waals surface area contributed by atoms with Crippen molar-refractivity contribution in [3.05, 3.63) is 46.5 Å². The van der Waals surface area contributed by atoms with Gasteiger partial charge in [0.2, 0.25) is 0 Å². The van der Waals surface area contributed by atoms with E-state index in [0.29, 0.717) is 0 Å². The van der Waals surface area contributed by atoms with Gasteiger partial charge in [0.15, 0.2) is 0 Å². The van der Waals surface area contributed by atoms with E-state index in [1.165, 1.54) is 33.0 Å². The zero-order valence-corrected chi connectivity index (χ0v) is 12.1. The van der Waals surface area contributed by atoms with Gasteiger partial charge in [-0.3, -0.25) is 0 Å². The minimum Gasteiger partial charge on any atom is -0.368 e. The lowest BCUT2D eigenvalue weighted by Gasteiger charge is -2.13. The Kier molecular flexibility index (Phi) is 2.23. The highest BCUT2D eigenvalue weighted by atomic mass is 16.6. The Hall–Kier alpha value is -1.46. The molecule has 112 valence electrons. The first-order valence-electron chi connectivity index (χ1n) is 7.94. The van der Waals surface area contributed by atoms with Crippen molar-refractivity contribution in [3.63, 3.8) is 0 Å². The third kappa shape index (κ3) is 1.92. The van der Waals surface area contributed by atoms with Crippen LogP contribution < -0.4 is 0 Å². The average molecular weight is 296 g/mol. The summed E-state index contributed by atoms with van der Waals surface area (Å²) in [6.45, 7) is 3.31. The van der Waals surface area contributed by atoms with Gasteiger partial charge in [-0.1, -0.05) is 0 Å². The van der Waals surface area contributed by atoms with E-state index in [2.05, 4.69) is 24.3 Å². The van der Waals surface area contributed by atoms with Crippen molar-refractivity contribution >= 4 is 10.8 Å². The number of epoxide rings is 4. The molecular formula is C18H16O4. The Morgan fingerprint density at radius 1 is 0.545 bits per heavy atom. The number of hydrogen-bond acceptors (Lipinski definition) is 4. The first-order valence-corrected chi connectivity index (χ1v) is 7.94. The van der Waals surface area contributed by atoms with Crippen molar-refractivity contribution in [2.45, 2.75) is 24.4 Å². The number of rotatable bonds is 4. The van der Waals surface area contributed by atoms with Crippen molar-refractivity contribution in [2.75, 3.05) is 26.4 Å². The predicted molar refractivity (Wildman–Crippen MR) is 78.7 cm³/mol. The molecule has 22 heavy (non-hydrogen) atoms. The van der Waals surface area contributed by atoms with E-state index in [-0.39, 0.29) is 24.4 Å². The minimum atomic E-state index is 0.240. The fraction of sp³-hybridized carbons (Fsp3) is 0.444. The first kappa shape index (κ1) is 12.0. The van der Waals surface area contributed by atoms with Gasteiger partial charge in [-0.15, -0.1) is 0 Å². The lowest BCUT2D eigenvalue weighted by atomic mass is 9.91. The summed E-state index contributed by atoms with van der Waals surface area (Å²) in [5.41, 5.74) is 5.14. The van der Waals surface area contributed by atoms with Gasteiger partial charge in [0.25, 0.3) is 0 Å². The molecule has 4 fully saturated rings. The molecule has 0 spiro atoms. The maximum absolute atomic E-state index is 5.59. The highest BCUT2D eigenvalue weighted by molar-refractivity contribution is 5.91. The average Bonchev–Trinajstić information content (AvgIpc) is 3.40. The summed E-state index contributed by atoms with van der Waals surface area (Å²) in [6, 6.07) is 9.11. The maximum atomic E-state index is 5.59. The maximum Gasteiger partial charge on any atom is 0.107 e. The molecule has 4 heteroatoms. The number of hydrogen-bond donors (Lipinski definition) is 0. The highest BCUT2D eigenvalue weighted by Crippen LogP contribution is 2.45. The molecule has 4 nitrogen and oxygen atoms in total. The molecule has 0 aliphatic carbocycles. The van der Waals surface area contributed by atoms with Crippen LogP contribution in [0.15, 0.2) is 24.3 Å². The summed E-state index contributed by atoms with van der Waals surface area (Å²) < 4.78 is 22.2. The largest absolute Gasteiger partial charge is 0.368 e. The smallest absolute Gasteiger partial charge is 0.107 e. The minimum absolute atomic E-state index is 0.240. The van der Waals surface area contributed by atoms with Crippen molar-refractivity contribution in [1.29, 1.82) is 0 Å². The Labute approximate surface area is 127 Å². The van der Waals surface area contributed by atoms with Crippen LogP contribution in [0.3, 0.4) is 0 Å². The van der Waals surface area contributed by atoms with Gasteiger partial charge in [-0.25, -0.2) is 0 Å². The summed E-state index contributed by atoms with van der Waals surface area (Å²) in [7, 11) is 0. The fourth-order valence-corrected chi connectivity index (χ4v) is 3.41. The van der Waals surface area contributed by atoms with E-state index in [9.17, 15) is 0 Å². The Bertz CT molecular complexity index is 716. The quantitative estimate of drug-likeness (QED) is 0.813. The van der Waals surface area contributed by atoms with Crippen LogP contribution in [0, 0.1) is 0 Å². The lowest BCUT2D eigenvalue weighted by molar-refractivity contribution is 0.409. The third-order valence-corrected chi connectivity index (χ3v) is 4.95.